The van der Waals surface area contributed by atoms with E-state index in [1.54, 1.807) is 6.07 Å². The third-order valence-electron chi connectivity index (χ3n) is 3.70. The summed E-state index contributed by atoms with van der Waals surface area (Å²) in [4.78, 5) is 11.6. The number of ether oxygens (including phenoxy) is 1. The molecule has 0 bridgehead atoms. The highest BCUT2D eigenvalue weighted by Gasteiger charge is 2.08. The van der Waals surface area contributed by atoms with Gasteiger partial charge in [-0.05, 0) is 58.2 Å². The molecule has 0 fully saturated rings. The quantitative estimate of drug-likeness (QED) is 0.545. The predicted octanol–water partition coefficient (Wildman–Crippen LogP) is 5.17. The highest BCUT2D eigenvalue weighted by atomic mass is 16.5. The average Bonchev–Trinajstić information content (AvgIpc) is 2.46. The van der Waals surface area contributed by atoms with Crippen LogP contribution in [0.15, 0.2) is 56.8 Å². The lowest BCUT2D eigenvalue weighted by Gasteiger charge is -2.09. The Hall–Kier alpha value is -2.29. The number of allylic oxidation sites excluding steroid dienone is 3. The van der Waals surface area contributed by atoms with Crippen LogP contribution >= 0.6 is 0 Å². The molecule has 1 aromatic heterocycles. The summed E-state index contributed by atoms with van der Waals surface area (Å²) in [6.07, 6.45) is 6.36. The first-order chi connectivity index (χ1) is 11.0. The number of hydrogen-bond donors (Lipinski definition) is 0. The SMILES string of the molecule is CC(C)=CCCC(C)=CCOc1cc(=O)oc2cccc(C)c12. The number of hydrogen-bond acceptors (Lipinski definition) is 3. The Morgan fingerprint density at radius 2 is 2.00 bits per heavy atom. The van der Waals surface area contributed by atoms with Crippen molar-refractivity contribution >= 4 is 11.0 Å². The normalized spacial score (nSPS) is 11.6. The monoisotopic (exact) mass is 312 g/mol. The third-order valence-corrected chi connectivity index (χ3v) is 3.70. The lowest BCUT2D eigenvalue weighted by Crippen LogP contribution is -2.03. The van der Waals surface area contributed by atoms with Gasteiger partial charge in [0.15, 0.2) is 0 Å². The molecule has 0 saturated heterocycles. The van der Waals surface area contributed by atoms with Crippen LogP contribution in [0, 0.1) is 6.92 Å². The molecule has 3 heteroatoms. The van der Waals surface area contributed by atoms with Crippen LogP contribution in [0.25, 0.3) is 11.0 Å². The Morgan fingerprint density at radius 3 is 2.74 bits per heavy atom. The molecule has 0 aliphatic carbocycles. The van der Waals surface area contributed by atoms with E-state index >= 15 is 0 Å². The van der Waals surface area contributed by atoms with Crippen molar-refractivity contribution < 1.29 is 9.15 Å². The molecule has 0 radical (unpaired) electrons. The summed E-state index contributed by atoms with van der Waals surface area (Å²) in [7, 11) is 0. The van der Waals surface area contributed by atoms with Gasteiger partial charge in [-0.3, -0.25) is 0 Å². The molecule has 3 nitrogen and oxygen atoms in total. The van der Waals surface area contributed by atoms with Gasteiger partial charge in [0.1, 0.15) is 17.9 Å². The van der Waals surface area contributed by atoms with Gasteiger partial charge in [0.25, 0.3) is 0 Å². The Morgan fingerprint density at radius 1 is 1.22 bits per heavy atom. The first-order valence-corrected chi connectivity index (χ1v) is 7.92. The zero-order chi connectivity index (χ0) is 16.8. The number of fused-ring (bicyclic) bond motifs is 1. The lowest BCUT2D eigenvalue weighted by atomic mass is 10.1. The lowest BCUT2D eigenvalue weighted by molar-refractivity contribution is 0.362. The second-order valence-electron chi connectivity index (χ2n) is 6.06. The molecule has 0 aliphatic heterocycles. The maximum atomic E-state index is 11.6. The van der Waals surface area contributed by atoms with Gasteiger partial charge in [0, 0.05) is 0 Å². The summed E-state index contributed by atoms with van der Waals surface area (Å²) in [5, 5.41) is 0.864. The van der Waals surface area contributed by atoms with Crippen LogP contribution in [-0.2, 0) is 0 Å². The number of benzene rings is 1. The zero-order valence-corrected chi connectivity index (χ0v) is 14.3. The minimum atomic E-state index is -0.387. The minimum absolute atomic E-state index is 0.387. The highest BCUT2D eigenvalue weighted by Crippen LogP contribution is 2.27. The van der Waals surface area contributed by atoms with Gasteiger partial charge in [-0.1, -0.05) is 29.4 Å². The molecule has 0 spiro atoms. The maximum Gasteiger partial charge on any atom is 0.339 e. The Kier molecular flexibility index (Phi) is 5.80. The van der Waals surface area contributed by atoms with Crippen LogP contribution in [0.3, 0.4) is 0 Å². The van der Waals surface area contributed by atoms with E-state index in [1.807, 2.05) is 19.1 Å². The summed E-state index contributed by atoms with van der Waals surface area (Å²) in [5.74, 6) is 0.586. The van der Waals surface area contributed by atoms with Crippen LogP contribution in [0.4, 0.5) is 0 Å². The van der Waals surface area contributed by atoms with Gasteiger partial charge in [0.2, 0.25) is 0 Å². The Bertz CT molecular complexity index is 790. The van der Waals surface area contributed by atoms with E-state index in [-0.39, 0.29) is 5.63 Å². The van der Waals surface area contributed by atoms with Crippen molar-refractivity contribution in [3.63, 3.8) is 0 Å². The number of rotatable bonds is 6. The van der Waals surface area contributed by atoms with E-state index < -0.39 is 0 Å². The van der Waals surface area contributed by atoms with E-state index in [4.69, 9.17) is 9.15 Å². The summed E-state index contributed by atoms with van der Waals surface area (Å²) in [6, 6.07) is 7.06. The van der Waals surface area contributed by atoms with Crippen LogP contribution in [0.1, 0.15) is 39.2 Å². The minimum Gasteiger partial charge on any atom is -0.488 e. The summed E-state index contributed by atoms with van der Waals surface area (Å²) < 4.78 is 11.1. The molecular weight excluding hydrogens is 288 g/mol. The molecule has 0 N–H and O–H groups in total. The molecular formula is C20H24O3. The van der Waals surface area contributed by atoms with Crippen LogP contribution in [-0.4, -0.2) is 6.61 Å². The van der Waals surface area contributed by atoms with Crippen LogP contribution in [0.2, 0.25) is 0 Å². The van der Waals surface area contributed by atoms with Crippen molar-refractivity contribution in [2.24, 2.45) is 0 Å². The van der Waals surface area contributed by atoms with Crippen LogP contribution in [0.5, 0.6) is 5.75 Å². The molecule has 1 heterocycles. The van der Waals surface area contributed by atoms with E-state index in [0.717, 1.165) is 23.8 Å². The molecule has 0 amide bonds. The predicted molar refractivity (Wildman–Crippen MR) is 95.1 cm³/mol. The van der Waals surface area contributed by atoms with Gasteiger partial charge >= 0.3 is 5.63 Å². The smallest absolute Gasteiger partial charge is 0.339 e. The van der Waals surface area contributed by atoms with Gasteiger partial charge in [-0.25, -0.2) is 4.79 Å². The van der Waals surface area contributed by atoms with Crippen molar-refractivity contribution in [3.05, 3.63) is 63.5 Å². The van der Waals surface area contributed by atoms with E-state index in [0.29, 0.717) is 17.9 Å². The first kappa shape index (κ1) is 17.1. The molecule has 0 aliphatic rings. The Labute approximate surface area is 137 Å². The van der Waals surface area contributed by atoms with Gasteiger partial charge in [0.05, 0.1) is 11.5 Å². The third kappa shape index (κ3) is 4.85. The van der Waals surface area contributed by atoms with Gasteiger partial charge in [-0.15, -0.1) is 0 Å². The molecule has 0 saturated carbocycles. The summed E-state index contributed by atoms with van der Waals surface area (Å²) in [6.45, 7) is 8.75. The second kappa shape index (κ2) is 7.82. The second-order valence-corrected chi connectivity index (χ2v) is 6.06. The molecule has 122 valence electrons. The fourth-order valence-electron chi connectivity index (χ4n) is 2.44. The van der Waals surface area contributed by atoms with Crippen molar-refractivity contribution in [2.75, 3.05) is 6.61 Å². The maximum absolute atomic E-state index is 11.6. The largest absolute Gasteiger partial charge is 0.488 e. The molecule has 0 atom stereocenters. The fourth-order valence-corrected chi connectivity index (χ4v) is 2.44. The Balaban J connectivity index is 2.10. The van der Waals surface area contributed by atoms with Gasteiger partial charge in [-0.2, -0.15) is 0 Å². The molecule has 23 heavy (non-hydrogen) atoms. The summed E-state index contributed by atoms with van der Waals surface area (Å²) in [5.41, 5.74) is 3.84. The first-order valence-electron chi connectivity index (χ1n) is 7.92. The van der Waals surface area contributed by atoms with Crippen molar-refractivity contribution in [2.45, 2.75) is 40.5 Å². The van der Waals surface area contributed by atoms with E-state index in [9.17, 15) is 4.79 Å². The van der Waals surface area contributed by atoms with Crippen molar-refractivity contribution in [1.29, 1.82) is 0 Å². The van der Waals surface area contributed by atoms with Crippen molar-refractivity contribution in [3.8, 4) is 5.75 Å². The topological polar surface area (TPSA) is 39.4 Å². The molecule has 2 rings (SSSR count). The van der Waals surface area contributed by atoms with Crippen molar-refractivity contribution in [1.82, 2.24) is 0 Å². The molecule has 0 unspecified atom stereocenters. The standard InChI is InChI=1S/C20H24O3/c1-14(2)7-5-8-15(3)11-12-22-18-13-19(21)23-17-10-6-9-16(4)20(17)18/h6-7,9-11,13H,5,8,12H2,1-4H3. The highest BCUT2D eigenvalue weighted by molar-refractivity contribution is 5.86. The summed E-state index contributed by atoms with van der Waals surface area (Å²) >= 11 is 0. The number of aryl methyl sites for hydroxylation is 1. The zero-order valence-electron chi connectivity index (χ0n) is 14.3. The molecule has 2 aromatic rings. The van der Waals surface area contributed by atoms with Gasteiger partial charge < -0.3 is 9.15 Å². The fraction of sp³-hybridized carbons (Fsp3) is 0.350. The average molecular weight is 312 g/mol. The molecule has 1 aromatic carbocycles. The van der Waals surface area contributed by atoms with E-state index in [1.165, 1.54) is 17.2 Å². The van der Waals surface area contributed by atoms with Crippen LogP contribution < -0.4 is 10.4 Å². The van der Waals surface area contributed by atoms with E-state index in [2.05, 4.69) is 32.9 Å².